The molecular weight excluding hydrogens is 443 g/mol. The van der Waals surface area contributed by atoms with Crippen molar-refractivity contribution in [3.8, 4) is 33.6 Å². The van der Waals surface area contributed by atoms with Crippen LogP contribution < -0.4 is 10.2 Å². The second kappa shape index (κ2) is 7.97. The van der Waals surface area contributed by atoms with E-state index in [1.807, 2.05) is 11.0 Å². The van der Waals surface area contributed by atoms with Crippen LogP contribution in [0, 0.1) is 11.3 Å². The molecule has 1 aliphatic carbocycles. The number of benzene rings is 1. The van der Waals surface area contributed by atoms with E-state index in [9.17, 15) is 5.11 Å². The quantitative estimate of drug-likeness (QED) is 0.586. The largest absolute Gasteiger partial charge is 0.507 e. The first-order chi connectivity index (χ1) is 16.1. The summed E-state index contributed by atoms with van der Waals surface area (Å²) in [4.78, 5) is 6.57. The molecule has 6 rings (SSSR count). The molecule has 0 radical (unpaired) electrons. The van der Waals surface area contributed by atoms with Crippen molar-refractivity contribution >= 4 is 17.3 Å². The highest BCUT2D eigenvalue weighted by molar-refractivity contribution is 7.15. The summed E-state index contributed by atoms with van der Waals surface area (Å²) in [7, 11) is 0. The number of rotatable bonds is 5. The topological polar surface area (TPSA) is 124 Å². The summed E-state index contributed by atoms with van der Waals surface area (Å²) in [6.07, 6.45) is 5.29. The van der Waals surface area contributed by atoms with Gasteiger partial charge in [0.1, 0.15) is 28.7 Å². The third kappa shape index (κ3) is 3.69. The highest BCUT2D eigenvalue weighted by Crippen LogP contribution is 2.40. The fraction of sp³-hybridized carbons (Fsp3) is 0.455. The number of fused-ring (bicyclic) bond motifs is 2. The van der Waals surface area contributed by atoms with E-state index in [-0.39, 0.29) is 28.9 Å². The molecule has 168 valence electrons. The van der Waals surface area contributed by atoms with Gasteiger partial charge in [0, 0.05) is 29.3 Å². The number of nitriles is 1. The standard InChI is InChI=1S/C22H21FN8OS/c23-20-15-6-2-12(26-15)8-17(20)31(13-3-4-13)22-25-10-16(27-30-22)14-5-1-11(7-18(14)32)21-29-28-19(9-24)33-21/h1,5,7,10,12-13,15,17,20,26,32H,2-4,6,8H2/t12-,15-,17-,20+/m0/s1. The molecule has 2 aromatic heterocycles. The molecule has 9 nitrogen and oxygen atoms in total. The zero-order valence-corrected chi connectivity index (χ0v) is 18.4. The molecule has 1 saturated carbocycles. The molecular formula is C22H21FN8OS. The van der Waals surface area contributed by atoms with Gasteiger partial charge in [0.2, 0.25) is 11.0 Å². The maximum Gasteiger partial charge on any atom is 0.245 e. The third-order valence-corrected chi connectivity index (χ3v) is 7.55. The van der Waals surface area contributed by atoms with Crippen LogP contribution in [0.5, 0.6) is 5.75 Å². The summed E-state index contributed by atoms with van der Waals surface area (Å²) in [5.41, 5.74) is 1.56. The average molecular weight is 465 g/mol. The SMILES string of the molecule is N#Cc1nnc(-c2ccc(-c3cnc(N(C4CC4)[C@H]4C[C@@H]5CC[C@H](N5)[C@H]4F)nn3)c(O)c2)s1. The molecule has 2 N–H and O–H groups in total. The summed E-state index contributed by atoms with van der Waals surface area (Å²) >= 11 is 1.15. The Hall–Kier alpha value is -3.23. The summed E-state index contributed by atoms with van der Waals surface area (Å²) in [5, 5.41) is 40.1. The summed E-state index contributed by atoms with van der Waals surface area (Å²) in [6.45, 7) is 0. The van der Waals surface area contributed by atoms with Crippen molar-refractivity contribution in [3.05, 3.63) is 29.4 Å². The predicted octanol–water partition coefficient (Wildman–Crippen LogP) is 2.83. The molecule has 1 aromatic carbocycles. The van der Waals surface area contributed by atoms with E-state index >= 15 is 4.39 Å². The van der Waals surface area contributed by atoms with E-state index in [4.69, 9.17) is 5.26 Å². The Morgan fingerprint density at radius 1 is 1.15 bits per heavy atom. The minimum Gasteiger partial charge on any atom is -0.507 e. The van der Waals surface area contributed by atoms with Gasteiger partial charge in [0.25, 0.3) is 0 Å². The zero-order valence-electron chi connectivity index (χ0n) is 17.6. The summed E-state index contributed by atoms with van der Waals surface area (Å²) < 4.78 is 15.2. The van der Waals surface area contributed by atoms with Gasteiger partial charge >= 0.3 is 0 Å². The maximum atomic E-state index is 15.2. The highest BCUT2D eigenvalue weighted by Gasteiger charge is 2.48. The van der Waals surface area contributed by atoms with E-state index < -0.39 is 6.17 Å². The lowest BCUT2D eigenvalue weighted by Crippen LogP contribution is -2.57. The monoisotopic (exact) mass is 464 g/mol. The lowest BCUT2D eigenvalue weighted by molar-refractivity contribution is 0.171. The minimum absolute atomic E-state index is 0.00265. The minimum atomic E-state index is -0.953. The van der Waals surface area contributed by atoms with Crippen LogP contribution in [0.15, 0.2) is 24.4 Å². The van der Waals surface area contributed by atoms with E-state index in [0.29, 0.717) is 33.8 Å². The molecule has 33 heavy (non-hydrogen) atoms. The van der Waals surface area contributed by atoms with Crippen LogP contribution in [0.4, 0.5) is 10.3 Å². The van der Waals surface area contributed by atoms with Gasteiger partial charge in [-0.05, 0) is 44.2 Å². The Morgan fingerprint density at radius 3 is 2.73 bits per heavy atom. The molecule has 0 unspecified atom stereocenters. The molecule has 0 spiro atoms. The van der Waals surface area contributed by atoms with Gasteiger partial charge in [-0.1, -0.05) is 17.4 Å². The number of phenols is 1. The Balaban J connectivity index is 1.26. The van der Waals surface area contributed by atoms with Crippen LogP contribution in [0.2, 0.25) is 0 Å². The van der Waals surface area contributed by atoms with Crippen LogP contribution in [-0.2, 0) is 0 Å². The lowest BCUT2D eigenvalue weighted by atomic mass is 9.96. The molecule has 3 aliphatic rings. The van der Waals surface area contributed by atoms with Crippen molar-refractivity contribution in [1.29, 1.82) is 5.26 Å². The fourth-order valence-electron chi connectivity index (χ4n) is 4.96. The van der Waals surface area contributed by atoms with Crippen LogP contribution >= 0.6 is 11.3 Å². The van der Waals surface area contributed by atoms with Crippen molar-refractivity contribution in [2.75, 3.05) is 4.90 Å². The smallest absolute Gasteiger partial charge is 0.245 e. The Bertz CT molecular complexity index is 1220. The molecule has 0 amide bonds. The van der Waals surface area contributed by atoms with E-state index in [1.165, 1.54) is 0 Å². The highest BCUT2D eigenvalue weighted by atomic mass is 32.1. The Morgan fingerprint density at radius 2 is 2.03 bits per heavy atom. The first-order valence-electron chi connectivity index (χ1n) is 11.1. The second-order valence-corrected chi connectivity index (χ2v) is 9.81. The Labute approximate surface area is 193 Å². The van der Waals surface area contributed by atoms with Gasteiger partial charge in [-0.2, -0.15) is 5.26 Å². The summed E-state index contributed by atoms with van der Waals surface area (Å²) in [6, 6.07) is 7.30. The third-order valence-electron chi connectivity index (χ3n) is 6.67. The lowest BCUT2D eigenvalue weighted by Gasteiger charge is -2.40. The molecule has 4 heterocycles. The number of nitrogens with zero attached hydrogens (tertiary/aromatic N) is 7. The Kier molecular flexibility index (Phi) is 4.92. The number of phenolic OH excluding ortho intramolecular Hbond substituents is 1. The van der Waals surface area contributed by atoms with Gasteiger partial charge in [-0.25, -0.2) is 9.37 Å². The number of anilines is 1. The van der Waals surface area contributed by atoms with Crippen LogP contribution in [0.3, 0.4) is 0 Å². The van der Waals surface area contributed by atoms with Gasteiger partial charge in [-0.3, -0.25) is 0 Å². The normalized spacial score (nSPS) is 26.2. The number of aromatic hydroxyl groups is 1. The molecule has 3 fully saturated rings. The molecule has 11 heteroatoms. The van der Waals surface area contributed by atoms with Crippen LogP contribution in [0.25, 0.3) is 21.8 Å². The van der Waals surface area contributed by atoms with Crippen LogP contribution in [0.1, 0.15) is 37.1 Å². The first-order valence-corrected chi connectivity index (χ1v) is 11.9. The first kappa shape index (κ1) is 20.4. The van der Waals surface area contributed by atoms with E-state index in [2.05, 4.69) is 30.7 Å². The number of hydrogen-bond acceptors (Lipinski definition) is 10. The zero-order chi connectivity index (χ0) is 22.5. The van der Waals surface area contributed by atoms with Crippen molar-refractivity contribution in [1.82, 2.24) is 30.7 Å². The number of piperidine rings is 1. The number of nitrogens with one attached hydrogen (secondary N) is 1. The van der Waals surface area contributed by atoms with Gasteiger partial charge in [0.05, 0.1) is 12.2 Å². The molecule has 4 atom stereocenters. The predicted molar refractivity (Wildman–Crippen MR) is 119 cm³/mol. The van der Waals surface area contributed by atoms with Gasteiger partial charge < -0.3 is 15.3 Å². The fourth-order valence-corrected chi connectivity index (χ4v) is 5.59. The average Bonchev–Trinajstić information content (AvgIpc) is 3.39. The number of aromatic nitrogens is 5. The van der Waals surface area contributed by atoms with Crippen molar-refractivity contribution in [2.24, 2.45) is 0 Å². The maximum absolute atomic E-state index is 15.2. The number of alkyl halides is 1. The van der Waals surface area contributed by atoms with Crippen LogP contribution in [-0.4, -0.2) is 60.8 Å². The second-order valence-electron chi connectivity index (χ2n) is 8.83. The molecule has 2 aliphatic heterocycles. The molecule has 2 bridgehead atoms. The van der Waals surface area contributed by atoms with E-state index in [1.54, 1.807) is 24.4 Å². The number of hydrogen-bond donors (Lipinski definition) is 2. The summed E-state index contributed by atoms with van der Waals surface area (Å²) in [5.74, 6) is 0.451. The van der Waals surface area contributed by atoms with Crippen molar-refractivity contribution in [3.63, 3.8) is 0 Å². The molecule has 3 aromatic rings. The molecule has 2 saturated heterocycles. The van der Waals surface area contributed by atoms with Gasteiger partial charge in [0.15, 0.2) is 0 Å². The number of halogens is 1. The van der Waals surface area contributed by atoms with Crippen molar-refractivity contribution < 1.29 is 9.50 Å². The van der Waals surface area contributed by atoms with Gasteiger partial charge in [-0.15, -0.1) is 20.4 Å². The van der Waals surface area contributed by atoms with E-state index in [0.717, 1.165) is 43.4 Å². The van der Waals surface area contributed by atoms with Crippen molar-refractivity contribution in [2.45, 2.75) is 62.4 Å².